The van der Waals surface area contributed by atoms with Gasteiger partial charge >= 0.3 is 6.09 Å². The third-order valence-electron chi connectivity index (χ3n) is 3.88. The molecule has 0 aliphatic carbocycles. The second-order valence-electron chi connectivity index (χ2n) is 5.63. The molecule has 6 heteroatoms. The molecule has 0 radical (unpaired) electrons. The van der Waals surface area contributed by atoms with E-state index >= 15 is 0 Å². The van der Waals surface area contributed by atoms with Gasteiger partial charge in [0.1, 0.15) is 18.8 Å². The largest absolute Gasteiger partial charge is 0.445 e. The van der Waals surface area contributed by atoms with Gasteiger partial charge in [0, 0.05) is 11.2 Å². The van der Waals surface area contributed by atoms with Gasteiger partial charge in [0.05, 0.1) is 0 Å². The number of aliphatic hydroxyl groups excluding tert-OH is 2. The second-order valence-corrected chi connectivity index (χ2v) is 6.58. The van der Waals surface area contributed by atoms with Crippen LogP contribution in [0.4, 0.5) is 4.79 Å². The normalized spacial score (nSPS) is 13.4. The average Bonchev–Trinajstić information content (AvgIpc) is 3.13. The molecule has 130 valence electrons. The van der Waals surface area contributed by atoms with Crippen molar-refractivity contribution in [3.8, 4) is 0 Å². The number of thiophene rings is 1. The Morgan fingerprint density at radius 3 is 2.68 bits per heavy atom. The van der Waals surface area contributed by atoms with Gasteiger partial charge in [0.2, 0.25) is 0 Å². The highest BCUT2D eigenvalue weighted by Gasteiger charge is 2.21. The maximum Gasteiger partial charge on any atom is 0.407 e. The van der Waals surface area contributed by atoms with Gasteiger partial charge in [0.25, 0.3) is 0 Å². The van der Waals surface area contributed by atoms with Gasteiger partial charge in [-0.15, -0.1) is 11.3 Å². The molecule has 0 fully saturated rings. The van der Waals surface area contributed by atoms with Gasteiger partial charge in [-0.1, -0.05) is 42.5 Å². The van der Waals surface area contributed by atoms with Crippen molar-refractivity contribution >= 4 is 27.5 Å². The molecular weight excluding hydrogens is 338 g/mol. The van der Waals surface area contributed by atoms with E-state index in [0.29, 0.717) is 5.56 Å². The molecule has 2 unspecified atom stereocenters. The predicted octanol–water partition coefficient (Wildman–Crippen LogP) is 3.22. The average molecular weight is 357 g/mol. The number of hydrogen-bond donors (Lipinski definition) is 3. The fourth-order valence-corrected chi connectivity index (χ4v) is 3.38. The van der Waals surface area contributed by atoms with Gasteiger partial charge in [-0.3, -0.25) is 0 Å². The van der Waals surface area contributed by atoms with E-state index in [4.69, 9.17) is 4.74 Å². The first-order valence-corrected chi connectivity index (χ1v) is 8.80. The number of rotatable bonds is 6. The van der Waals surface area contributed by atoms with E-state index in [1.54, 1.807) is 17.4 Å². The van der Waals surface area contributed by atoms with Crippen molar-refractivity contribution in [2.75, 3.05) is 6.54 Å². The van der Waals surface area contributed by atoms with Crippen molar-refractivity contribution in [3.63, 3.8) is 0 Å². The van der Waals surface area contributed by atoms with Crippen molar-refractivity contribution in [1.82, 2.24) is 5.32 Å². The van der Waals surface area contributed by atoms with Crippen molar-refractivity contribution in [2.24, 2.45) is 0 Å². The lowest BCUT2D eigenvalue weighted by Gasteiger charge is -2.19. The molecule has 1 amide bonds. The number of ether oxygens (including phenoxy) is 1. The van der Waals surface area contributed by atoms with Crippen molar-refractivity contribution in [1.29, 1.82) is 0 Å². The Balaban J connectivity index is 1.52. The maximum atomic E-state index is 11.7. The first-order valence-electron chi connectivity index (χ1n) is 7.92. The van der Waals surface area contributed by atoms with Crippen LogP contribution in [0.15, 0.2) is 60.0 Å². The molecule has 1 heterocycles. The van der Waals surface area contributed by atoms with Crippen LogP contribution in [0.25, 0.3) is 10.1 Å². The minimum absolute atomic E-state index is 0.102. The quantitative estimate of drug-likeness (QED) is 0.633. The van der Waals surface area contributed by atoms with E-state index in [9.17, 15) is 15.0 Å². The van der Waals surface area contributed by atoms with E-state index in [1.165, 1.54) is 0 Å². The molecule has 0 saturated heterocycles. The molecule has 0 aliphatic heterocycles. The van der Waals surface area contributed by atoms with Gasteiger partial charge in [0.15, 0.2) is 0 Å². The lowest BCUT2D eigenvalue weighted by atomic mass is 10.0. The number of amides is 1. The highest BCUT2D eigenvalue weighted by atomic mass is 32.1. The van der Waals surface area contributed by atoms with Crippen LogP contribution in [-0.2, 0) is 11.3 Å². The van der Waals surface area contributed by atoms with Crippen molar-refractivity contribution in [3.05, 3.63) is 71.1 Å². The molecule has 0 spiro atoms. The van der Waals surface area contributed by atoms with Crippen LogP contribution in [0.2, 0.25) is 0 Å². The van der Waals surface area contributed by atoms with Crippen LogP contribution in [0.3, 0.4) is 0 Å². The van der Waals surface area contributed by atoms with Crippen LogP contribution in [0, 0.1) is 0 Å². The number of alkyl carbamates (subject to hydrolysis) is 1. The topological polar surface area (TPSA) is 78.8 Å². The molecule has 2 atom stereocenters. The lowest BCUT2D eigenvalue weighted by molar-refractivity contribution is 0.0192. The summed E-state index contributed by atoms with van der Waals surface area (Å²) >= 11 is 1.57. The van der Waals surface area contributed by atoms with Gasteiger partial charge in [-0.25, -0.2) is 4.79 Å². The predicted molar refractivity (Wildman–Crippen MR) is 97.4 cm³/mol. The summed E-state index contributed by atoms with van der Waals surface area (Å²) in [5.74, 6) is 0. The Labute approximate surface area is 149 Å². The summed E-state index contributed by atoms with van der Waals surface area (Å²) in [5, 5.41) is 25.9. The molecule has 2 aromatic carbocycles. The van der Waals surface area contributed by atoms with Gasteiger partial charge in [-0.2, -0.15) is 0 Å². The van der Waals surface area contributed by atoms with E-state index < -0.39 is 18.3 Å². The van der Waals surface area contributed by atoms with Gasteiger partial charge in [-0.05, 0) is 34.0 Å². The van der Waals surface area contributed by atoms with Crippen LogP contribution in [-0.4, -0.2) is 29.0 Å². The van der Waals surface area contributed by atoms with Crippen LogP contribution < -0.4 is 5.32 Å². The third-order valence-corrected chi connectivity index (χ3v) is 4.76. The molecule has 1 aromatic heterocycles. The van der Waals surface area contributed by atoms with E-state index in [0.717, 1.165) is 15.6 Å². The van der Waals surface area contributed by atoms with E-state index in [1.807, 2.05) is 53.9 Å². The number of carbonyl (C=O) groups excluding carboxylic acids is 1. The van der Waals surface area contributed by atoms with E-state index in [2.05, 4.69) is 5.32 Å². The summed E-state index contributed by atoms with van der Waals surface area (Å²) in [5.41, 5.74) is 1.52. The fraction of sp³-hybridized carbons (Fsp3) is 0.211. The lowest BCUT2D eigenvalue weighted by Crippen LogP contribution is -2.35. The molecule has 0 bridgehead atoms. The summed E-state index contributed by atoms with van der Waals surface area (Å²) in [7, 11) is 0. The zero-order chi connectivity index (χ0) is 17.6. The molecule has 3 rings (SSSR count). The minimum atomic E-state index is -1.13. The molecular formula is C19H19NO4S. The Morgan fingerprint density at radius 1 is 1.08 bits per heavy atom. The second kappa shape index (κ2) is 8.11. The van der Waals surface area contributed by atoms with Crippen molar-refractivity contribution < 1.29 is 19.7 Å². The summed E-state index contributed by atoms with van der Waals surface area (Å²) in [4.78, 5) is 11.7. The molecule has 3 aromatic rings. The Kier molecular flexibility index (Phi) is 5.65. The first kappa shape index (κ1) is 17.4. The van der Waals surface area contributed by atoms with Gasteiger partial charge < -0.3 is 20.3 Å². The molecule has 5 nitrogen and oxygen atoms in total. The number of nitrogens with one attached hydrogen (secondary N) is 1. The number of aliphatic hydroxyl groups is 2. The summed E-state index contributed by atoms with van der Waals surface area (Å²) < 4.78 is 6.12. The number of carbonyl (C=O) groups is 1. The van der Waals surface area contributed by atoms with Crippen LogP contribution >= 0.6 is 11.3 Å². The SMILES string of the molecule is O=C(NCC(O)C(O)c1cccc2sccc12)OCc1ccccc1. The smallest absolute Gasteiger partial charge is 0.407 e. The summed E-state index contributed by atoms with van der Waals surface area (Å²) in [6.45, 7) is 0.0504. The Hall–Kier alpha value is -2.41. The van der Waals surface area contributed by atoms with E-state index in [-0.39, 0.29) is 13.2 Å². The molecule has 0 saturated carbocycles. The van der Waals surface area contributed by atoms with Crippen LogP contribution in [0.1, 0.15) is 17.2 Å². The maximum absolute atomic E-state index is 11.7. The standard InChI is InChI=1S/C19H19NO4S/c21-16(11-20-19(23)24-12-13-5-2-1-3-6-13)18(22)15-7-4-8-17-14(15)9-10-25-17/h1-10,16,18,21-22H,11-12H2,(H,20,23). The van der Waals surface area contributed by atoms with Crippen LogP contribution in [0.5, 0.6) is 0 Å². The Bertz CT molecular complexity index is 834. The zero-order valence-electron chi connectivity index (χ0n) is 13.5. The third kappa shape index (κ3) is 4.36. The highest BCUT2D eigenvalue weighted by molar-refractivity contribution is 7.17. The molecule has 0 aliphatic rings. The highest BCUT2D eigenvalue weighted by Crippen LogP contribution is 2.29. The van der Waals surface area contributed by atoms with Crippen molar-refractivity contribution in [2.45, 2.75) is 18.8 Å². The minimum Gasteiger partial charge on any atom is -0.445 e. The Morgan fingerprint density at radius 2 is 1.88 bits per heavy atom. The number of fused-ring (bicyclic) bond motifs is 1. The monoisotopic (exact) mass is 357 g/mol. The summed E-state index contributed by atoms with van der Waals surface area (Å²) in [6.07, 6.45) is -2.86. The number of hydrogen-bond acceptors (Lipinski definition) is 5. The molecule has 25 heavy (non-hydrogen) atoms. The molecule has 3 N–H and O–H groups in total. The number of benzene rings is 2. The fourth-order valence-electron chi connectivity index (χ4n) is 2.56. The first-order chi connectivity index (χ1) is 12.1. The zero-order valence-corrected chi connectivity index (χ0v) is 14.3. The summed E-state index contributed by atoms with van der Waals surface area (Å²) in [6, 6.07) is 16.8.